The van der Waals surface area contributed by atoms with Gasteiger partial charge in [0.1, 0.15) is 0 Å². The zero-order valence-electron chi connectivity index (χ0n) is 10.4. The van der Waals surface area contributed by atoms with E-state index in [4.69, 9.17) is 0 Å². The maximum atomic E-state index is 11.7. The molecule has 0 aliphatic heterocycles. The van der Waals surface area contributed by atoms with E-state index in [0.717, 1.165) is 0 Å². The van der Waals surface area contributed by atoms with Gasteiger partial charge in [0, 0.05) is 11.5 Å². The number of hydrogen-bond acceptors (Lipinski definition) is 4. The SMILES string of the molecule is CCC(C)(S(=O)(=O)CC)S(=O)(=O)CC.[Cl-].[Li+]. The summed E-state index contributed by atoms with van der Waals surface area (Å²) in [5, 5.41) is 0. The summed E-state index contributed by atoms with van der Waals surface area (Å²) in [6.07, 6.45) is 0.0966. The van der Waals surface area contributed by atoms with Crippen LogP contribution in [0.2, 0.25) is 0 Å². The zero-order valence-corrected chi connectivity index (χ0v) is 12.8. The minimum Gasteiger partial charge on any atom is -1.00 e. The van der Waals surface area contributed by atoms with Crippen molar-refractivity contribution in [2.45, 2.75) is 38.2 Å². The summed E-state index contributed by atoms with van der Waals surface area (Å²) < 4.78 is 45.1. The molecule has 0 aromatic heterocycles. The molecular formula is C8H18ClLiO4S2. The van der Waals surface area contributed by atoms with Crippen molar-refractivity contribution in [1.29, 1.82) is 0 Å². The van der Waals surface area contributed by atoms with Crippen molar-refractivity contribution in [2.75, 3.05) is 11.5 Å². The first-order chi connectivity index (χ1) is 6.18. The van der Waals surface area contributed by atoms with Crippen LogP contribution in [0.3, 0.4) is 0 Å². The Bertz CT molecular complexity index is 354. The van der Waals surface area contributed by atoms with Crippen LogP contribution >= 0.6 is 0 Å². The third kappa shape index (κ3) is 3.64. The Morgan fingerprint density at radius 1 is 0.875 bits per heavy atom. The maximum absolute atomic E-state index is 11.7. The molecule has 0 aromatic carbocycles. The smallest absolute Gasteiger partial charge is 1.00 e. The molecule has 0 aliphatic carbocycles. The van der Waals surface area contributed by atoms with E-state index >= 15 is 0 Å². The van der Waals surface area contributed by atoms with Gasteiger partial charge in [-0.1, -0.05) is 20.8 Å². The van der Waals surface area contributed by atoms with Gasteiger partial charge in [-0.3, -0.25) is 0 Å². The van der Waals surface area contributed by atoms with E-state index in [1.54, 1.807) is 6.92 Å². The van der Waals surface area contributed by atoms with Crippen molar-refractivity contribution < 1.29 is 48.1 Å². The van der Waals surface area contributed by atoms with Crippen molar-refractivity contribution in [1.82, 2.24) is 0 Å². The molecule has 0 aliphatic rings. The molecule has 0 fully saturated rings. The number of hydrogen-bond donors (Lipinski definition) is 0. The van der Waals surface area contributed by atoms with Gasteiger partial charge in [0.2, 0.25) is 0 Å². The van der Waals surface area contributed by atoms with Crippen LogP contribution < -0.4 is 31.3 Å². The molecule has 4 nitrogen and oxygen atoms in total. The summed E-state index contributed by atoms with van der Waals surface area (Å²) in [4.78, 5) is 0. The monoisotopic (exact) mass is 284 g/mol. The van der Waals surface area contributed by atoms with Crippen LogP contribution in [-0.4, -0.2) is 32.4 Å². The minimum absolute atomic E-state index is 0. The Hall–Kier alpha value is 0.787. The largest absolute Gasteiger partial charge is 1.00 e. The normalized spacial score (nSPS) is 12.5. The van der Waals surface area contributed by atoms with E-state index in [-0.39, 0.29) is 49.2 Å². The topological polar surface area (TPSA) is 68.3 Å². The number of halogens is 1. The Morgan fingerprint density at radius 2 is 1.12 bits per heavy atom. The molecule has 0 aromatic rings. The quantitative estimate of drug-likeness (QED) is 0.474. The summed E-state index contributed by atoms with van der Waals surface area (Å²) in [5.74, 6) is -0.285. The first-order valence-corrected chi connectivity index (χ1v) is 7.93. The summed E-state index contributed by atoms with van der Waals surface area (Å²) in [5.41, 5.74) is 0. The van der Waals surface area contributed by atoms with Crippen LogP contribution in [0.4, 0.5) is 0 Å². The molecule has 0 radical (unpaired) electrons. The van der Waals surface area contributed by atoms with Crippen LogP contribution in [0, 0.1) is 0 Å². The molecule has 0 amide bonds. The van der Waals surface area contributed by atoms with E-state index in [2.05, 4.69) is 0 Å². The van der Waals surface area contributed by atoms with Crippen molar-refractivity contribution >= 4 is 19.7 Å². The summed E-state index contributed by atoms with van der Waals surface area (Å²) in [6.45, 7) is 5.81. The van der Waals surface area contributed by atoms with Crippen molar-refractivity contribution in [3.63, 3.8) is 0 Å². The van der Waals surface area contributed by atoms with Crippen LogP contribution in [0.1, 0.15) is 34.1 Å². The molecule has 0 saturated heterocycles. The van der Waals surface area contributed by atoms with E-state index in [0.29, 0.717) is 0 Å². The van der Waals surface area contributed by atoms with Gasteiger partial charge < -0.3 is 12.4 Å². The Labute approximate surface area is 117 Å². The number of sulfone groups is 2. The summed E-state index contributed by atoms with van der Waals surface area (Å²) in [6, 6.07) is 0. The van der Waals surface area contributed by atoms with Crippen molar-refractivity contribution in [2.24, 2.45) is 0 Å². The molecule has 0 spiro atoms. The average molecular weight is 285 g/mol. The summed E-state index contributed by atoms with van der Waals surface area (Å²) >= 11 is 0. The molecule has 0 atom stereocenters. The fraction of sp³-hybridized carbons (Fsp3) is 1.00. The van der Waals surface area contributed by atoms with Crippen LogP contribution in [0.5, 0.6) is 0 Å². The predicted molar refractivity (Wildman–Crippen MR) is 57.6 cm³/mol. The second-order valence-corrected chi connectivity index (χ2v) is 8.97. The van der Waals surface area contributed by atoms with Gasteiger partial charge in [-0.25, -0.2) is 16.8 Å². The first kappa shape index (κ1) is 22.0. The van der Waals surface area contributed by atoms with Crippen LogP contribution in [0.25, 0.3) is 0 Å². The molecule has 16 heavy (non-hydrogen) atoms. The fourth-order valence-electron chi connectivity index (χ4n) is 1.24. The maximum Gasteiger partial charge on any atom is 1.00 e. The van der Waals surface area contributed by atoms with Crippen molar-refractivity contribution in [3.05, 3.63) is 0 Å². The predicted octanol–water partition coefficient (Wildman–Crippen LogP) is -5.01. The second-order valence-electron chi connectivity index (χ2n) is 3.29. The fourth-order valence-corrected chi connectivity index (χ4v) is 5.60. The molecule has 0 saturated carbocycles. The first-order valence-electron chi connectivity index (χ1n) is 4.63. The average Bonchev–Trinajstić information content (AvgIpc) is 2.15. The summed E-state index contributed by atoms with van der Waals surface area (Å²) in [7, 11) is -7.14. The van der Waals surface area contributed by atoms with Crippen molar-refractivity contribution in [3.8, 4) is 0 Å². The molecule has 0 bridgehead atoms. The van der Waals surface area contributed by atoms with Gasteiger partial charge in [0.05, 0.1) is 0 Å². The van der Waals surface area contributed by atoms with Gasteiger partial charge in [0.15, 0.2) is 23.8 Å². The molecule has 8 heteroatoms. The molecule has 0 N–H and O–H groups in total. The molecule has 0 unspecified atom stereocenters. The minimum atomic E-state index is -3.57. The third-order valence-corrected chi connectivity index (χ3v) is 8.97. The Kier molecular flexibility index (Phi) is 10.0. The zero-order chi connectivity index (χ0) is 11.6. The molecular weight excluding hydrogens is 267 g/mol. The third-order valence-electron chi connectivity index (χ3n) is 2.72. The standard InChI is InChI=1S/C8H18O4S2.ClH.Li/c1-5-8(4,13(9,10)6-2)14(11,12)7-3;;/h5-7H2,1-4H3;1H;/q;;+1/p-1. The van der Waals surface area contributed by atoms with Crippen LogP contribution in [-0.2, 0) is 19.7 Å². The molecule has 94 valence electrons. The van der Waals surface area contributed by atoms with Gasteiger partial charge in [-0.15, -0.1) is 0 Å². The number of rotatable bonds is 5. The molecule has 0 rings (SSSR count). The van der Waals surface area contributed by atoms with E-state index in [9.17, 15) is 16.8 Å². The Balaban J connectivity index is -0.000000845. The van der Waals surface area contributed by atoms with Crippen LogP contribution in [0.15, 0.2) is 0 Å². The van der Waals surface area contributed by atoms with Gasteiger partial charge in [0.25, 0.3) is 0 Å². The second kappa shape index (κ2) is 7.27. The van der Waals surface area contributed by atoms with Gasteiger partial charge in [-0.2, -0.15) is 0 Å². The van der Waals surface area contributed by atoms with Gasteiger partial charge in [-0.05, 0) is 13.3 Å². The molecule has 0 heterocycles. The Morgan fingerprint density at radius 3 is 1.25 bits per heavy atom. The van der Waals surface area contributed by atoms with E-state index in [1.807, 2.05) is 0 Å². The van der Waals surface area contributed by atoms with E-state index in [1.165, 1.54) is 20.8 Å². The van der Waals surface area contributed by atoms with E-state index < -0.39 is 23.8 Å². The van der Waals surface area contributed by atoms with Gasteiger partial charge >= 0.3 is 18.9 Å².